The van der Waals surface area contributed by atoms with Gasteiger partial charge in [0.15, 0.2) is 17.2 Å². The van der Waals surface area contributed by atoms with E-state index in [4.69, 9.17) is 18.7 Å². The van der Waals surface area contributed by atoms with Gasteiger partial charge in [-0.25, -0.2) is 0 Å². The second-order valence-corrected chi connectivity index (χ2v) is 7.09. The lowest BCUT2D eigenvalue weighted by Gasteiger charge is -2.12. The van der Waals surface area contributed by atoms with Gasteiger partial charge in [-0.1, -0.05) is 11.2 Å². The molecule has 2 aromatic carbocycles. The summed E-state index contributed by atoms with van der Waals surface area (Å²) in [6.45, 7) is 0. The van der Waals surface area contributed by atoms with Crippen molar-refractivity contribution in [2.24, 2.45) is 7.05 Å². The molecule has 0 aliphatic rings. The largest absolute Gasteiger partial charge is 0.495 e. The number of nitrogens with zero attached hydrogens (tertiary/aromatic N) is 3. The zero-order valence-corrected chi connectivity index (χ0v) is 17.7. The Morgan fingerprint density at radius 2 is 1.73 bits per heavy atom. The van der Waals surface area contributed by atoms with Gasteiger partial charge < -0.3 is 28.8 Å². The summed E-state index contributed by atoms with van der Waals surface area (Å²) in [4.78, 5) is 0.805. The standard InChI is InChI=1S/C20H21N5O4S/c1-25-9-8-18(22-25)21-13-11-16-12(10-17(13)28-4)20(23-29-16)24-30-19-14(26-2)6-5-7-15(19)27-3/h5-11H,1-4H3,(H,21,22)(H,23,24). The monoisotopic (exact) mass is 427 g/mol. The van der Waals surface area contributed by atoms with Crippen molar-refractivity contribution in [3.63, 3.8) is 0 Å². The highest BCUT2D eigenvalue weighted by Crippen LogP contribution is 2.40. The van der Waals surface area contributed by atoms with Gasteiger partial charge in [0.25, 0.3) is 0 Å². The van der Waals surface area contributed by atoms with E-state index >= 15 is 0 Å². The second kappa shape index (κ2) is 8.46. The van der Waals surface area contributed by atoms with Crippen molar-refractivity contribution in [1.82, 2.24) is 14.9 Å². The Kier molecular flexibility index (Phi) is 5.57. The van der Waals surface area contributed by atoms with Crippen LogP contribution in [0.5, 0.6) is 17.2 Å². The van der Waals surface area contributed by atoms with Crippen molar-refractivity contribution in [3.05, 3.63) is 42.6 Å². The first-order chi connectivity index (χ1) is 14.6. The molecule has 10 heteroatoms. The lowest BCUT2D eigenvalue weighted by molar-refractivity contribution is 0.376. The number of fused-ring (bicyclic) bond motifs is 1. The van der Waals surface area contributed by atoms with E-state index in [1.807, 2.05) is 49.6 Å². The third-order valence-corrected chi connectivity index (χ3v) is 5.30. The minimum Gasteiger partial charge on any atom is -0.495 e. The number of hydrogen-bond acceptors (Lipinski definition) is 9. The molecular formula is C20H21N5O4S. The Morgan fingerprint density at radius 1 is 1.00 bits per heavy atom. The van der Waals surface area contributed by atoms with Gasteiger partial charge in [0.1, 0.15) is 22.1 Å². The zero-order valence-electron chi connectivity index (χ0n) is 16.9. The third-order valence-electron chi connectivity index (χ3n) is 4.40. The third kappa shape index (κ3) is 3.81. The lowest BCUT2D eigenvalue weighted by Crippen LogP contribution is -1.97. The van der Waals surface area contributed by atoms with Crippen molar-refractivity contribution in [2.75, 3.05) is 31.4 Å². The van der Waals surface area contributed by atoms with E-state index in [9.17, 15) is 0 Å². The van der Waals surface area contributed by atoms with E-state index in [0.29, 0.717) is 34.5 Å². The molecule has 2 N–H and O–H groups in total. The maximum absolute atomic E-state index is 5.55. The van der Waals surface area contributed by atoms with Crippen molar-refractivity contribution in [2.45, 2.75) is 4.90 Å². The fraction of sp³-hybridized carbons (Fsp3) is 0.200. The summed E-state index contributed by atoms with van der Waals surface area (Å²) in [5.74, 6) is 3.29. The molecule has 4 rings (SSSR count). The van der Waals surface area contributed by atoms with Gasteiger partial charge in [-0.2, -0.15) is 5.10 Å². The van der Waals surface area contributed by atoms with E-state index < -0.39 is 0 Å². The van der Waals surface area contributed by atoms with E-state index in [1.54, 1.807) is 26.0 Å². The number of anilines is 3. The molecule has 30 heavy (non-hydrogen) atoms. The predicted octanol–water partition coefficient (Wildman–Crippen LogP) is 4.45. The minimum absolute atomic E-state index is 0.561. The van der Waals surface area contributed by atoms with Gasteiger partial charge in [-0.15, -0.1) is 0 Å². The molecule has 2 heterocycles. The van der Waals surface area contributed by atoms with Crippen LogP contribution < -0.4 is 24.2 Å². The summed E-state index contributed by atoms with van der Waals surface area (Å²) in [5.41, 5.74) is 1.33. The number of benzene rings is 2. The molecule has 0 saturated carbocycles. The maximum Gasteiger partial charge on any atom is 0.187 e. The summed E-state index contributed by atoms with van der Waals surface area (Å²) in [7, 11) is 6.70. The highest BCUT2D eigenvalue weighted by atomic mass is 32.2. The summed E-state index contributed by atoms with van der Waals surface area (Å²) in [6, 6.07) is 11.2. The zero-order chi connectivity index (χ0) is 21.1. The molecule has 0 aliphatic heterocycles. The highest BCUT2D eigenvalue weighted by molar-refractivity contribution is 8.00. The average Bonchev–Trinajstić information content (AvgIpc) is 3.36. The molecule has 0 amide bonds. The smallest absolute Gasteiger partial charge is 0.187 e. The molecule has 0 spiro atoms. The van der Waals surface area contributed by atoms with Gasteiger partial charge >= 0.3 is 0 Å². The van der Waals surface area contributed by atoms with Crippen LogP contribution in [0.2, 0.25) is 0 Å². The quantitative estimate of drug-likeness (QED) is 0.395. The van der Waals surface area contributed by atoms with Crippen LogP contribution in [0.4, 0.5) is 17.3 Å². The first-order valence-corrected chi connectivity index (χ1v) is 9.82. The summed E-state index contributed by atoms with van der Waals surface area (Å²) in [5, 5.41) is 12.5. The molecule has 0 atom stereocenters. The van der Waals surface area contributed by atoms with E-state index in [1.165, 1.54) is 11.9 Å². The van der Waals surface area contributed by atoms with Crippen LogP contribution in [-0.2, 0) is 7.05 Å². The SMILES string of the molecule is COc1cc2c(NSc3c(OC)cccc3OC)noc2cc1Nc1ccn(C)n1. The van der Waals surface area contributed by atoms with Crippen LogP contribution in [0.15, 0.2) is 52.0 Å². The summed E-state index contributed by atoms with van der Waals surface area (Å²) in [6.07, 6.45) is 1.85. The molecule has 0 fully saturated rings. The van der Waals surface area contributed by atoms with Crippen LogP contribution in [0.1, 0.15) is 0 Å². The Bertz CT molecular complexity index is 1150. The van der Waals surface area contributed by atoms with Crippen LogP contribution in [0, 0.1) is 0 Å². The second-order valence-electron chi connectivity index (χ2n) is 6.28. The molecule has 0 saturated heterocycles. The molecule has 0 unspecified atom stereocenters. The number of ether oxygens (including phenoxy) is 3. The molecule has 2 aromatic heterocycles. The molecule has 9 nitrogen and oxygen atoms in total. The molecule has 0 radical (unpaired) electrons. The van der Waals surface area contributed by atoms with Gasteiger partial charge in [0, 0.05) is 25.4 Å². The molecule has 0 bridgehead atoms. The average molecular weight is 427 g/mol. The maximum atomic E-state index is 5.55. The Labute approximate surface area is 177 Å². The number of methoxy groups -OCH3 is 3. The number of hydrogen-bond donors (Lipinski definition) is 2. The Morgan fingerprint density at radius 3 is 2.37 bits per heavy atom. The summed E-state index contributed by atoms with van der Waals surface area (Å²) >= 11 is 1.33. The highest BCUT2D eigenvalue weighted by Gasteiger charge is 2.17. The molecule has 156 valence electrons. The van der Waals surface area contributed by atoms with Crippen molar-refractivity contribution in [3.8, 4) is 17.2 Å². The normalized spacial score (nSPS) is 10.8. The van der Waals surface area contributed by atoms with Crippen molar-refractivity contribution >= 4 is 40.2 Å². The summed E-state index contributed by atoms with van der Waals surface area (Å²) < 4.78 is 26.9. The first kappa shape index (κ1) is 19.8. The molecule has 0 aliphatic carbocycles. The van der Waals surface area contributed by atoms with Crippen LogP contribution in [0.25, 0.3) is 11.0 Å². The number of nitrogens with one attached hydrogen (secondary N) is 2. The predicted molar refractivity (Wildman–Crippen MR) is 116 cm³/mol. The number of aromatic nitrogens is 3. The number of aryl methyl sites for hydroxylation is 1. The Balaban J connectivity index is 1.62. The first-order valence-electron chi connectivity index (χ1n) is 9.01. The van der Waals surface area contributed by atoms with Crippen LogP contribution >= 0.6 is 11.9 Å². The fourth-order valence-corrected chi connectivity index (χ4v) is 3.79. The van der Waals surface area contributed by atoms with Crippen LogP contribution in [-0.4, -0.2) is 36.3 Å². The van der Waals surface area contributed by atoms with Crippen molar-refractivity contribution < 1.29 is 18.7 Å². The Hall–Kier alpha value is -3.53. The lowest BCUT2D eigenvalue weighted by atomic mass is 10.2. The van der Waals surface area contributed by atoms with E-state index in [-0.39, 0.29) is 0 Å². The van der Waals surface area contributed by atoms with Gasteiger partial charge in [-0.3, -0.25) is 4.68 Å². The fourth-order valence-electron chi connectivity index (χ4n) is 2.94. The van der Waals surface area contributed by atoms with E-state index in [0.717, 1.165) is 16.0 Å². The molecule has 4 aromatic rings. The van der Waals surface area contributed by atoms with Crippen LogP contribution in [0.3, 0.4) is 0 Å². The number of rotatable bonds is 8. The topological polar surface area (TPSA) is 95.6 Å². The van der Waals surface area contributed by atoms with Gasteiger partial charge in [0.05, 0.1) is 32.4 Å². The van der Waals surface area contributed by atoms with Gasteiger partial charge in [0.2, 0.25) is 0 Å². The van der Waals surface area contributed by atoms with Gasteiger partial charge in [-0.05, 0) is 30.1 Å². The van der Waals surface area contributed by atoms with Crippen molar-refractivity contribution in [1.29, 1.82) is 0 Å². The molecular weight excluding hydrogens is 406 g/mol. The minimum atomic E-state index is 0.561. The van der Waals surface area contributed by atoms with E-state index in [2.05, 4.69) is 20.3 Å².